The van der Waals surface area contributed by atoms with E-state index in [1.165, 1.54) is 36.4 Å². The van der Waals surface area contributed by atoms with Crippen molar-refractivity contribution in [1.29, 1.82) is 0 Å². The first kappa shape index (κ1) is 70.3. The van der Waals surface area contributed by atoms with Gasteiger partial charge in [0.2, 0.25) is 11.3 Å². The Labute approximate surface area is 524 Å². The van der Waals surface area contributed by atoms with Gasteiger partial charge in [-0.25, -0.2) is 19.2 Å². The maximum Gasteiger partial charge on any atom is 0.336 e. The second-order valence-corrected chi connectivity index (χ2v) is 22.8. The summed E-state index contributed by atoms with van der Waals surface area (Å²) in [4.78, 5) is 45.6. The van der Waals surface area contributed by atoms with Crippen molar-refractivity contribution in [3.8, 4) is 22.5 Å². The molecular weight excluding hydrogens is 1230 g/mol. The molecule has 5 aliphatic rings. The van der Waals surface area contributed by atoms with E-state index in [1.807, 2.05) is 74.1 Å². The van der Waals surface area contributed by atoms with Gasteiger partial charge in [-0.2, -0.15) is 0 Å². The van der Waals surface area contributed by atoms with E-state index in [2.05, 4.69) is 10.6 Å². The number of nitrogens with zero attached hydrogens (tertiary/aromatic N) is 3. The average Bonchev–Trinajstić information content (AvgIpc) is 0.772. The number of carboxylic acids is 2. The highest BCUT2D eigenvalue weighted by atomic mass is 32.1. The van der Waals surface area contributed by atoms with Crippen LogP contribution in [0.15, 0.2) is 83.3 Å². The largest absolute Gasteiger partial charge is 0.478 e. The van der Waals surface area contributed by atoms with Crippen molar-refractivity contribution < 1.29 is 129 Å². The number of carbonyl (C=O) groups excluding carboxylic acids is 1. The number of fused-ring (bicyclic) bond motifs is 2. The summed E-state index contributed by atoms with van der Waals surface area (Å²) in [5.41, 5.74) is 2.91. The van der Waals surface area contributed by atoms with E-state index >= 15 is 0 Å². The number of aliphatic hydroxyl groups is 13. The number of thiocarbonyl (C=S) groups is 1. The van der Waals surface area contributed by atoms with E-state index < -0.39 is 167 Å². The van der Waals surface area contributed by atoms with Crippen LogP contribution in [0.25, 0.3) is 33.4 Å². The van der Waals surface area contributed by atoms with Crippen molar-refractivity contribution in [3.63, 3.8) is 0 Å². The van der Waals surface area contributed by atoms with Gasteiger partial charge < -0.3 is 125 Å². The number of hydrogen-bond acceptors (Lipinski definition) is 26. The molecule has 0 radical (unpaired) electrons. The van der Waals surface area contributed by atoms with Crippen LogP contribution in [-0.2, 0) is 44.7 Å². The van der Waals surface area contributed by atoms with Crippen molar-refractivity contribution >= 4 is 57.5 Å². The highest BCUT2D eigenvalue weighted by Gasteiger charge is 2.55. The molecule has 0 unspecified atom stereocenters. The van der Waals surface area contributed by atoms with Crippen molar-refractivity contribution in [2.24, 2.45) is 0 Å². The molecule has 32 heteroatoms. The number of benzene rings is 4. The van der Waals surface area contributed by atoms with Crippen LogP contribution in [0, 0.1) is 0 Å². The Morgan fingerprint density at radius 2 is 1.30 bits per heavy atom. The van der Waals surface area contributed by atoms with E-state index in [0.29, 0.717) is 39.0 Å². The third-order valence-corrected chi connectivity index (χ3v) is 16.0. The number of aliphatic hydroxyl groups excluding tert-OH is 13. The molecule has 31 nitrogen and oxygen atoms in total. The Hall–Kier alpha value is -6.55. The second kappa shape index (κ2) is 30.5. The van der Waals surface area contributed by atoms with Crippen LogP contribution in [0.3, 0.4) is 0 Å². The highest BCUT2D eigenvalue weighted by molar-refractivity contribution is 7.80. The van der Waals surface area contributed by atoms with Crippen LogP contribution in [0.4, 0.5) is 11.4 Å². The summed E-state index contributed by atoms with van der Waals surface area (Å²) in [5.74, 6) is -2.93. The Bertz CT molecular complexity index is 3370. The van der Waals surface area contributed by atoms with Gasteiger partial charge in [0.05, 0.1) is 50.2 Å². The third kappa shape index (κ3) is 15.8. The van der Waals surface area contributed by atoms with E-state index in [0.717, 1.165) is 23.0 Å². The number of anilines is 2. The molecule has 91 heavy (non-hydrogen) atoms. The minimum absolute atomic E-state index is 0.0603. The maximum atomic E-state index is 13.3. The Kier molecular flexibility index (Phi) is 23.5. The summed E-state index contributed by atoms with van der Waals surface area (Å²) < 4.78 is 43.0. The van der Waals surface area contributed by atoms with Crippen LogP contribution in [0.1, 0.15) is 33.2 Å². The molecule has 4 aliphatic heterocycles. The fraction of sp³-hybridized carbons (Fsp3) is 0.508. The van der Waals surface area contributed by atoms with Gasteiger partial charge in [-0.1, -0.05) is 18.2 Å². The zero-order chi connectivity index (χ0) is 66.4. The van der Waals surface area contributed by atoms with Crippen LogP contribution in [0.5, 0.6) is 0 Å². The van der Waals surface area contributed by atoms with Gasteiger partial charge in [-0.05, 0) is 65.8 Å². The van der Waals surface area contributed by atoms with Crippen molar-refractivity contribution in [2.45, 2.75) is 130 Å². The standard InChI is InChI=1S/C59H75N5O26S/c1-25(69)60-43-52(89-57-49(77)48(76)45(73)39(21-66)86-57)46(74)40(22-67)85-56(43)90-53-47(75)41(23-68)87-58(50(53)78)88-51(36(71)20-65)44(72)35(70)19-64(83-24-26-6-8-27(9-7-26)54(79)80)59(91)61-28-10-13-31(34(16-28)55(81)82)42-32-14-11-29(62(2)3)17-37(32)84-38-18-30(63(4)5)12-15-33(38)42/h6-18,35-36,39-41,43-53,56-58,65-68,70-78H,19-24H2,1-5H3,(H3,60,69,79,80,81,82)/p+1/t35-,36+,39+,40+,41+,43+,44+,45-,46+,47-,48-,49+,50+,51+,52+,53-,56-,57-,58-/m0/s1. The number of hydroxylamine groups is 2. The van der Waals surface area contributed by atoms with Crippen molar-refractivity contribution in [2.75, 3.05) is 71.4 Å². The van der Waals surface area contributed by atoms with Crippen LogP contribution in [0.2, 0.25) is 0 Å². The van der Waals surface area contributed by atoms with E-state index in [4.69, 9.17) is 49.9 Å². The maximum absolute atomic E-state index is 13.3. The van der Waals surface area contributed by atoms with Gasteiger partial charge in [-0.3, -0.25) is 9.63 Å². The zero-order valence-electron chi connectivity index (χ0n) is 49.7. The van der Waals surface area contributed by atoms with Gasteiger partial charge in [0.15, 0.2) is 24.0 Å². The van der Waals surface area contributed by atoms with Crippen molar-refractivity contribution in [3.05, 3.63) is 101 Å². The lowest BCUT2D eigenvalue weighted by Gasteiger charge is -2.49. The summed E-state index contributed by atoms with van der Waals surface area (Å²) in [5, 5.41) is 170. The molecule has 3 saturated heterocycles. The van der Waals surface area contributed by atoms with Crippen LogP contribution >= 0.6 is 12.2 Å². The first-order chi connectivity index (χ1) is 43.2. The minimum atomic E-state index is -2.33. The van der Waals surface area contributed by atoms with E-state index in [-0.39, 0.29) is 28.5 Å². The molecular formula is C59H76N5O26S+. The molecule has 3 aromatic carbocycles. The first-order valence-corrected chi connectivity index (χ1v) is 29.0. The van der Waals surface area contributed by atoms with Gasteiger partial charge >= 0.3 is 11.9 Å². The number of rotatable bonds is 24. The lowest BCUT2D eigenvalue weighted by atomic mass is 9.90. The fourth-order valence-electron chi connectivity index (χ4n) is 10.7. The number of carboxylic acid groups (broad SMARTS) is 2. The van der Waals surface area contributed by atoms with Crippen LogP contribution in [-0.4, -0.2) is 282 Å². The van der Waals surface area contributed by atoms with Gasteiger partial charge in [0, 0.05) is 61.0 Å². The number of nitrogens with one attached hydrogen (secondary N) is 2. The van der Waals surface area contributed by atoms with E-state index in [1.54, 1.807) is 6.07 Å². The summed E-state index contributed by atoms with van der Waals surface area (Å²) in [7, 11) is 7.46. The monoisotopic (exact) mass is 1300 g/mol. The highest BCUT2D eigenvalue weighted by Crippen LogP contribution is 2.43. The molecule has 3 aromatic rings. The van der Waals surface area contributed by atoms with Gasteiger partial charge in [0.1, 0.15) is 130 Å². The number of hydrogen-bond donors (Lipinski definition) is 17. The van der Waals surface area contributed by atoms with E-state index in [9.17, 15) is 91.0 Å². The molecule has 0 spiro atoms. The second-order valence-electron chi connectivity index (χ2n) is 22.4. The summed E-state index contributed by atoms with van der Waals surface area (Å²) >= 11 is 5.79. The number of carbonyl (C=O) groups is 3. The molecule has 0 bridgehead atoms. The molecule has 498 valence electrons. The van der Waals surface area contributed by atoms with Crippen molar-refractivity contribution in [1.82, 2.24) is 15.0 Å². The molecule has 0 saturated carbocycles. The molecule has 1 aliphatic carbocycles. The SMILES string of the molecule is CC(=O)N[C@H]1[C@H](O[C@H]2[C@@H](O)[C@@H](CO)O[C@@H](O[C@@H]([C@H](O)[C@@H](O)CN(OCc3ccc(C(=O)O)cc3)C(=S)Nc3ccc(-c4c5ccc(=[N+](C)C)cc-5oc5cc(N(C)C)ccc45)c(C(=O)O)c3)[C@H](O)CO)[C@@H]2O)O[C@H](CO)[C@@H](O)[C@@H]1O[C@@H]1O[C@H](CO)[C@H](O)[C@H](O)[C@H]1O. The summed E-state index contributed by atoms with van der Waals surface area (Å²) in [6, 6.07) is 19.1. The predicted octanol–water partition coefficient (Wildman–Crippen LogP) is -4.12. The van der Waals surface area contributed by atoms with Gasteiger partial charge in [-0.15, -0.1) is 0 Å². The normalized spacial score (nSPS) is 28.2. The lowest BCUT2D eigenvalue weighted by Crippen LogP contribution is -2.70. The topological polar surface area (TPSA) is 466 Å². The molecule has 3 fully saturated rings. The lowest BCUT2D eigenvalue weighted by molar-refractivity contribution is -0.371. The summed E-state index contributed by atoms with van der Waals surface area (Å²) in [6.45, 7) is -4.33. The zero-order valence-corrected chi connectivity index (χ0v) is 50.5. The predicted molar refractivity (Wildman–Crippen MR) is 318 cm³/mol. The molecule has 8 rings (SSSR count). The number of ether oxygens (including phenoxy) is 6. The quantitative estimate of drug-likeness (QED) is 0.0121. The number of amides is 1. The Balaban J connectivity index is 1.07. The first-order valence-electron chi connectivity index (χ1n) is 28.6. The molecule has 1 amide bonds. The average molecular weight is 1300 g/mol. The molecule has 0 aromatic heterocycles. The van der Waals surface area contributed by atoms with Gasteiger partial charge in [0.25, 0.3) is 0 Å². The molecule has 17 N–H and O–H groups in total. The smallest absolute Gasteiger partial charge is 0.336 e. The molecule has 19 atom stereocenters. The fourth-order valence-corrected chi connectivity index (χ4v) is 11.0. The Morgan fingerprint density at radius 1 is 0.681 bits per heavy atom. The third-order valence-electron chi connectivity index (χ3n) is 15.7. The Morgan fingerprint density at radius 3 is 1.90 bits per heavy atom. The van der Waals surface area contributed by atoms with Crippen LogP contribution < -0.4 is 25.5 Å². The molecule has 4 heterocycles. The summed E-state index contributed by atoms with van der Waals surface area (Å²) in [6.07, 6.45) is -35.9. The minimum Gasteiger partial charge on any atom is -0.478 e. The number of aromatic carboxylic acids is 2.